The molecule has 0 atom stereocenters. The first-order valence-electron chi connectivity index (χ1n) is 6.55. The zero-order valence-corrected chi connectivity index (χ0v) is 12.1. The van der Waals surface area contributed by atoms with Crippen LogP contribution < -0.4 is 9.47 Å². The summed E-state index contributed by atoms with van der Waals surface area (Å²) in [6.07, 6.45) is 6.57. The Morgan fingerprint density at radius 3 is 2.45 bits per heavy atom. The highest BCUT2D eigenvalue weighted by molar-refractivity contribution is 5.71. The van der Waals surface area contributed by atoms with Crippen LogP contribution in [-0.2, 0) is 6.42 Å². The van der Waals surface area contributed by atoms with Crippen molar-refractivity contribution < 1.29 is 9.47 Å². The van der Waals surface area contributed by atoms with Crippen molar-refractivity contribution in [1.82, 2.24) is 0 Å². The summed E-state index contributed by atoms with van der Waals surface area (Å²) in [5.41, 5.74) is 4.15. The molecule has 0 saturated heterocycles. The van der Waals surface area contributed by atoms with Gasteiger partial charge < -0.3 is 9.47 Å². The third-order valence-electron chi connectivity index (χ3n) is 3.30. The predicted octanol–water partition coefficient (Wildman–Crippen LogP) is 3.91. The Bertz CT molecular complexity index is 651. The van der Waals surface area contributed by atoms with Crippen LogP contribution in [-0.4, -0.2) is 14.2 Å². The van der Waals surface area contributed by atoms with Crippen LogP contribution in [0.1, 0.15) is 18.1 Å². The van der Waals surface area contributed by atoms with E-state index in [-0.39, 0.29) is 0 Å². The second-order valence-corrected chi connectivity index (χ2v) is 4.46. The third-order valence-corrected chi connectivity index (χ3v) is 3.30. The van der Waals surface area contributed by atoms with E-state index in [0.29, 0.717) is 17.1 Å². The molecule has 0 amide bonds. The molecule has 0 bridgehead atoms. The molecule has 0 saturated carbocycles. The molecule has 2 aromatic carbocycles. The molecule has 0 aliphatic rings. The van der Waals surface area contributed by atoms with E-state index in [0.717, 1.165) is 17.5 Å². The first-order valence-corrected chi connectivity index (χ1v) is 6.55. The first-order chi connectivity index (χ1) is 9.73. The van der Waals surface area contributed by atoms with Gasteiger partial charge in [-0.05, 0) is 35.2 Å². The monoisotopic (exact) mass is 266 g/mol. The molecule has 0 aromatic heterocycles. The van der Waals surface area contributed by atoms with Crippen molar-refractivity contribution in [3.8, 4) is 35.0 Å². The van der Waals surface area contributed by atoms with Crippen LogP contribution in [0.25, 0.3) is 11.1 Å². The minimum absolute atomic E-state index is 0.602. The molecule has 2 rings (SSSR count). The second kappa shape index (κ2) is 6.16. The Balaban J connectivity index is 2.60. The minimum Gasteiger partial charge on any atom is -0.493 e. The van der Waals surface area contributed by atoms with Crippen LogP contribution in [0.2, 0.25) is 0 Å². The van der Waals surface area contributed by atoms with E-state index in [2.05, 4.69) is 37.1 Å². The van der Waals surface area contributed by atoms with Gasteiger partial charge in [-0.25, -0.2) is 0 Å². The fourth-order valence-corrected chi connectivity index (χ4v) is 2.21. The second-order valence-electron chi connectivity index (χ2n) is 4.46. The summed E-state index contributed by atoms with van der Waals surface area (Å²) in [6, 6.07) is 12.3. The number of benzene rings is 2. The van der Waals surface area contributed by atoms with E-state index in [1.165, 1.54) is 5.56 Å². The van der Waals surface area contributed by atoms with Crippen molar-refractivity contribution >= 4 is 0 Å². The molecule has 102 valence electrons. The average molecular weight is 266 g/mol. The molecule has 0 heterocycles. The molecule has 2 heteroatoms. The molecule has 0 spiro atoms. The van der Waals surface area contributed by atoms with Crippen LogP contribution in [0.5, 0.6) is 11.5 Å². The van der Waals surface area contributed by atoms with E-state index in [4.69, 9.17) is 15.9 Å². The topological polar surface area (TPSA) is 18.5 Å². The normalized spacial score (nSPS) is 9.90. The summed E-state index contributed by atoms with van der Waals surface area (Å²) in [7, 11) is 3.21. The van der Waals surface area contributed by atoms with E-state index >= 15 is 0 Å². The zero-order chi connectivity index (χ0) is 14.5. The van der Waals surface area contributed by atoms with Gasteiger partial charge in [-0.2, -0.15) is 0 Å². The van der Waals surface area contributed by atoms with Crippen LogP contribution in [0.4, 0.5) is 0 Å². The molecular formula is C18H18O2. The smallest absolute Gasteiger partial charge is 0.176 e. The van der Waals surface area contributed by atoms with Gasteiger partial charge in [0.25, 0.3) is 0 Å². The number of terminal acetylenes is 1. The fraction of sp³-hybridized carbons (Fsp3) is 0.222. The van der Waals surface area contributed by atoms with Crippen molar-refractivity contribution in [2.45, 2.75) is 13.3 Å². The molecule has 20 heavy (non-hydrogen) atoms. The molecular weight excluding hydrogens is 248 g/mol. The van der Waals surface area contributed by atoms with E-state index in [1.807, 2.05) is 12.1 Å². The van der Waals surface area contributed by atoms with Crippen LogP contribution in [0.3, 0.4) is 0 Å². The Morgan fingerprint density at radius 2 is 1.85 bits per heavy atom. The number of rotatable bonds is 4. The van der Waals surface area contributed by atoms with Crippen molar-refractivity contribution in [3.63, 3.8) is 0 Å². The lowest BCUT2D eigenvalue weighted by Crippen LogP contribution is -1.95. The Morgan fingerprint density at radius 1 is 1.05 bits per heavy atom. The molecule has 0 fully saturated rings. The molecule has 0 radical (unpaired) electrons. The highest BCUT2D eigenvalue weighted by Crippen LogP contribution is 2.36. The maximum atomic E-state index is 5.57. The first kappa shape index (κ1) is 14.0. The summed E-state index contributed by atoms with van der Waals surface area (Å²) in [6.45, 7) is 2.14. The van der Waals surface area contributed by atoms with Crippen molar-refractivity contribution in [2.75, 3.05) is 14.2 Å². The highest BCUT2D eigenvalue weighted by Gasteiger charge is 2.12. The largest absolute Gasteiger partial charge is 0.493 e. The van der Waals surface area contributed by atoms with Gasteiger partial charge in [0.05, 0.1) is 19.8 Å². The predicted molar refractivity (Wildman–Crippen MR) is 82.3 cm³/mol. The summed E-state index contributed by atoms with van der Waals surface area (Å²) in [4.78, 5) is 0. The standard InChI is InChI=1S/C18H18O2/c1-5-13-8-7-9-15(10-13)16-11-14(6-2)18(20-4)17(12-16)19-3/h2,7-12H,5H2,1,3-4H3. The molecule has 2 aromatic rings. The van der Waals surface area contributed by atoms with Crippen LogP contribution in [0.15, 0.2) is 36.4 Å². The number of hydrogen-bond donors (Lipinski definition) is 0. The van der Waals surface area contributed by atoms with Crippen molar-refractivity contribution in [1.29, 1.82) is 0 Å². The highest BCUT2D eigenvalue weighted by atomic mass is 16.5. The van der Waals surface area contributed by atoms with Gasteiger partial charge in [0.15, 0.2) is 11.5 Å². The molecule has 0 aliphatic heterocycles. The van der Waals surface area contributed by atoms with Gasteiger partial charge in [-0.1, -0.05) is 37.1 Å². The molecule has 2 nitrogen and oxygen atoms in total. The van der Waals surface area contributed by atoms with E-state index in [1.54, 1.807) is 14.2 Å². The maximum absolute atomic E-state index is 5.57. The van der Waals surface area contributed by atoms with Gasteiger partial charge in [0.2, 0.25) is 0 Å². The lowest BCUT2D eigenvalue weighted by Gasteiger charge is -2.13. The van der Waals surface area contributed by atoms with Crippen molar-refractivity contribution in [3.05, 3.63) is 47.5 Å². The van der Waals surface area contributed by atoms with E-state index in [9.17, 15) is 0 Å². The summed E-state index contributed by atoms with van der Waals surface area (Å²) >= 11 is 0. The fourth-order valence-electron chi connectivity index (χ4n) is 2.21. The lowest BCUT2D eigenvalue weighted by molar-refractivity contribution is 0.354. The molecule has 0 aliphatic carbocycles. The Kier molecular flexibility index (Phi) is 4.32. The van der Waals surface area contributed by atoms with Gasteiger partial charge in [-0.15, -0.1) is 6.42 Å². The van der Waals surface area contributed by atoms with Gasteiger partial charge >= 0.3 is 0 Å². The molecule has 0 N–H and O–H groups in total. The quantitative estimate of drug-likeness (QED) is 0.781. The number of hydrogen-bond acceptors (Lipinski definition) is 2. The average Bonchev–Trinajstić information content (AvgIpc) is 2.53. The number of methoxy groups -OCH3 is 2. The number of ether oxygens (including phenoxy) is 2. The summed E-state index contributed by atoms with van der Waals surface area (Å²) < 4.78 is 10.7. The SMILES string of the molecule is C#Cc1cc(-c2cccc(CC)c2)cc(OC)c1OC. The Labute approximate surface area is 120 Å². The van der Waals surface area contributed by atoms with Gasteiger partial charge in [0, 0.05) is 0 Å². The van der Waals surface area contributed by atoms with E-state index < -0.39 is 0 Å². The summed E-state index contributed by atoms with van der Waals surface area (Å²) in [5, 5.41) is 0. The number of aryl methyl sites for hydroxylation is 1. The van der Waals surface area contributed by atoms with Crippen LogP contribution in [0, 0.1) is 12.3 Å². The maximum Gasteiger partial charge on any atom is 0.176 e. The zero-order valence-electron chi connectivity index (χ0n) is 12.1. The lowest BCUT2D eigenvalue weighted by atomic mass is 9.99. The third kappa shape index (κ3) is 2.62. The minimum atomic E-state index is 0.602. The van der Waals surface area contributed by atoms with Crippen molar-refractivity contribution in [2.24, 2.45) is 0 Å². The summed E-state index contributed by atoms with van der Waals surface area (Å²) in [5.74, 6) is 3.91. The van der Waals surface area contributed by atoms with Gasteiger partial charge in [-0.3, -0.25) is 0 Å². The molecule has 0 unspecified atom stereocenters. The van der Waals surface area contributed by atoms with Gasteiger partial charge in [0.1, 0.15) is 0 Å². The van der Waals surface area contributed by atoms with Crippen LogP contribution >= 0.6 is 0 Å². The Hall–Kier alpha value is -2.40.